The number of unbranched alkanes of at least 4 members (excludes halogenated alkanes) is 30. The molecule has 0 aromatic rings. The van der Waals surface area contributed by atoms with Crippen LogP contribution in [0.3, 0.4) is 0 Å². The van der Waals surface area contributed by atoms with E-state index in [1.54, 1.807) is 0 Å². The predicted molar refractivity (Wildman–Crippen MR) is 335 cm³/mol. The van der Waals surface area contributed by atoms with Crippen molar-refractivity contribution in [2.45, 2.75) is 296 Å². The Morgan fingerprint density at radius 1 is 0.462 bits per heavy atom. The molecule has 0 saturated carbocycles. The van der Waals surface area contributed by atoms with Gasteiger partial charge in [0.15, 0.2) is 0 Å². The molecule has 0 saturated heterocycles. The normalized spacial score (nSPS) is 14.2. The fraction of sp³-hybridized carbons (Fsp3) is 0.765. The zero-order valence-corrected chi connectivity index (χ0v) is 52.5. The minimum atomic E-state index is -4.71. The number of hydrogen-bond acceptors (Lipinski definition) is 7. The largest absolute Gasteiger partial charge is 0.756 e. The highest BCUT2D eigenvalue weighted by Crippen LogP contribution is 2.38. The van der Waals surface area contributed by atoms with E-state index in [-0.39, 0.29) is 24.9 Å². The Morgan fingerprint density at radius 2 is 0.821 bits per heavy atom. The fourth-order valence-corrected chi connectivity index (χ4v) is 9.84. The molecule has 10 heteroatoms. The lowest BCUT2D eigenvalue weighted by Gasteiger charge is -2.30. The third kappa shape index (κ3) is 57.9. The summed E-state index contributed by atoms with van der Waals surface area (Å²) in [4.78, 5) is 40.0. The van der Waals surface area contributed by atoms with Crippen LogP contribution in [0.5, 0.6) is 0 Å². The smallest absolute Gasteiger partial charge is 0.306 e. The summed E-state index contributed by atoms with van der Waals surface area (Å²) in [5, 5.41) is 3.02. The molecule has 0 aromatic heterocycles. The molecule has 0 fully saturated rings. The molecule has 0 bridgehead atoms. The van der Waals surface area contributed by atoms with E-state index in [0.717, 1.165) is 89.9 Å². The number of nitrogens with zero attached hydrogens (tertiary/aromatic N) is 1. The summed E-state index contributed by atoms with van der Waals surface area (Å²) < 4.78 is 30.3. The minimum Gasteiger partial charge on any atom is -0.756 e. The number of quaternary nitrogens is 1. The molecule has 3 atom stereocenters. The summed E-state index contributed by atoms with van der Waals surface area (Å²) in [7, 11) is 1.16. The van der Waals surface area contributed by atoms with Crippen molar-refractivity contribution in [3.8, 4) is 0 Å². The van der Waals surface area contributed by atoms with Crippen LogP contribution in [0, 0.1) is 0 Å². The Bertz CT molecular complexity index is 1610. The van der Waals surface area contributed by atoms with Crippen molar-refractivity contribution in [1.82, 2.24) is 5.32 Å². The van der Waals surface area contributed by atoms with Crippen LogP contribution in [-0.4, -0.2) is 69.4 Å². The predicted octanol–water partition coefficient (Wildman–Crippen LogP) is 19.5. The molecule has 0 aliphatic carbocycles. The highest BCUT2D eigenvalue weighted by Gasteiger charge is 2.27. The number of phosphoric acid groups is 1. The molecule has 0 aliphatic heterocycles. The molecule has 78 heavy (non-hydrogen) atoms. The van der Waals surface area contributed by atoms with Crippen molar-refractivity contribution in [3.63, 3.8) is 0 Å². The lowest BCUT2D eigenvalue weighted by Crippen LogP contribution is -2.47. The van der Waals surface area contributed by atoms with E-state index in [0.29, 0.717) is 23.9 Å². The van der Waals surface area contributed by atoms with Crippen LogP contribution in [0.15, 0.2) is 85.1 Å². The number of rotatable bonds is 58. The summed E-state index contributed by atoms with van der Waals surface area (Å²) in [6.45, 7) is 6.72. The van der Waals surface area contributed by atoms with Gasteiger partial charge in [-0.15, -0.1) is 0 Å². The number of ether oxygens (including phenoxy) is 1. The average molecular weight is 1110 g/mol. The first-order chi connectivity index (χ1) is 37.9. The molecule has 9 nitrogen and oxygen atoms in total. The monoisotopic (exact) mass is 1110 g/mol. The SMILES string of the molecule is CC/C=C\C/C=C\C/C=C\C/C=C\C/C=C\C/C=C\CCCCC(=O)OC(/C=C/CCCCCCCCCCCC)C(COP(=O)([O-])OCC[N+](C)(C)C)NC(=O)CCCCCCCCCCCCCCCCCCCCC. The number of amides is 1. The first kappa shape index (κ1) is 75.2. The second kappa shape index (κ2) is 57.4. The lowest BCUT2D eigenvalue weighted by molar-refractivity contribution is -0.870. The van der Waals surface area contributed by atoms with Gasteiger partial charge in [-0.25, -0.2) is 0 Å². The highest BCUT2D eigenvalue weighted by molar-refractivity contribution is 7.45. The van der Waals surface area contributed by atoms with E-state index in [4.69, 9.17) is 13.8 Å². The van der Waals surface area contributed by atoms with E-state index in [9.17, 15) is 19.0 Å². The molecule has 0 rings (SSSR count). The van der Waals surface area contributed by atoms with Gasteiger partial charge in [0, 0.05) is 12.8 Å². The third-order valence-corrected chi connectivity index (χ3v) is 15.1. The maximum atomic E-state index is 13.6. The van der Waals surface area contributed by atoms with Crippen LogP contribution >= 0.6 is 7.82 Å². The maximum absolute atomic E-state index is 13.6. The van der Waals surface area contributed by atoms with Crippen molar-refractivity contribution in [3.05, 3.63) is 85.1 Å². The molecule has 3 unspecified atom stereocenters. The van der Waals surface area contributed by atoms with Crippen LogP contribution in [0.25, 0.3) is 0 Å². The topological polar surface area (TPSA) is 114 Å². The van der Waals surface area contributed by atoms with Gasteiger partial charge in [0.2, 0.25) is 5.91 Å². The number of carbonyl (C=O) groups is 2. The zero-order chi connectivity index (χ0) is 57.2. The van der Waals surface area contributed by atoms with Gasteiger partial charge in [0.1, 0.15) is 19.3 Å². The second-order valence-electron chi connectivity index (χ2n) is 22.9. The number of likely N-dealkylation sites (N-methyl/N-ethyl adjacent to an activating group) is 1. The molecule has 0 spiro atoms. The molecule has 452 valence electrons. The Kier molecular flexibility index (Phi) is 55.4. The zero-order valence-electron chi connectivity index (χ0n) is 51.6. The van der Waals surface area contributed by atoms with Crippen molar-refractivity contribution in [2.24, 2.45) is 0 Å². The van der Waals surface area contributed by atoms with Crippen LogP contribution in [0.4, 0.5) is 0 Å². The van der Waals surface area contributed by atoms with Crippen molar-refractivity contribution in [2.75, 3.05) is 40.9 Å². The van der Waals surface area contributed by atoms with Gasteiger partial charge < -0.3 is 28.5 Å². The quantitative estimate of drug-likeness (QED) is 0.0212. The summed E-state index contributed by atoms with van der Waals surface area (Å²) in [5.74, 6) is -0.586. The third-order valence-electron chi connectivity index (χ3n) is 14.1. The molecule has 0 aromatic carbocycles. The second-order valence-corrected chi connectivity index (χ2v) is 24.3. The van der Waals surface area contributed by atoms with E-state index in [1.165, 1.54) is 154 Å². The molecule has 0 heterocycles. The van der Waals surface area contributed by atoms with E-state index in [1.807, 2.05) is 33.3 Å². The van der Waals surface area contributed by atoms with Gasteiger partial charge in [-0.3, -0.25) is 14.2 Å². The number of phosphoric ester groups is 1. The number of hydrogen-bond donors (Lipinski definition) is 1. The molecular formula is C68H123N2O7P. The lowest BCUT2D eigenvalue weighted by atomic mass is 10.0. The average Bonchev–Trinajstić information content (AvgIpc) is 3.40. The molecule has 0 radical (unpaired) electrons. The van der Waals surface area contributed by atoms with Gasteiger partial charge in [-0.05, 0) is 83.1 Å². The van der Waals surface area contributed by atoms with Gasteiger partial charge in [-0.2, -0.15) is 0 Å². The Morgan fingerprint density at radius 3 is 1.24 bits per heavy atom. The van der Waals surface area contributed by atoms with E-state index < -0.39 is 26.6 Å². The maximum Gasteiger partial charge on any atom is 0.306 e. The molecular weight excluding hydrogens is 988 g/mol. The standard InChI is InChI=1S/C68H123N2O7P/c1-7-10-13-16-19-22-25-28-30-32-34-35-37-39-41-43-46-49-52-55-58-61-68(72)77-66(59-56-53-50-47-44-27-24-21-18-15-12-9-3)65(64-76-78(73,74)75-63-62-70(4,5)6)69-67(71)60-57-54-51-48-45-42-40-38-36-33-31-29-26-23-20-17-14-11-8-2/h10,13,19,22,28,30,34-35,39,41,46,49,56,59,65-66H,7-9,11-12,14-18,20-21,23-27,29,31-33,36-38,40,42-45,47-48,50-55,57-58,60-64H2,1-6H3,(H-,69,71,73,74)/b13-10-,22-19-,30-28-,35-34-,41-39-,49-46-,59-56+. The fourth-order valence-electron chi connectivity index (χ4n) is 9.11. The van der Waals surface area contributed by atoms with Gasteiger partial charge in [0.25, 0.3) is 7.82 Å². The van der Waals surface area contributed by atoms with Crippen LogP contribution in [-0.2, 0) is 27.9 Å². The van der Waals surface area contributed by atoms with Crippen molar-refractivity contribution < 1.29 is 37.3 Å². The summed E-state index contributed by atoms with van der Waals surface area (Å²) in [6.07, 6.45) is 75.5. The summed E-state index contributed by atoms with van der Waals surface area (Å²) >= 11 is 0. The molecule has 1 amide bonds. The van der Waals surface area contributed by atoms with Crippen LogP contribution < -0.4 is 10.2 Å². The Hall–Kier alpha value is -2.81. The Labute approximate surface area is 482 Å². The number of nitrogens with one attached hydrogen (secondary N) is 1. The number of esters is 1. The Balaban J connectivity index is 5.28. The van der Waals surface area contributed by atoms with Crippen molar-refractivity contribution >= 4 is 19.7 Å². The van der Waals surface area contributed by atoms with Crippen LogP contribution in [0.1, 0.15) is 284 Å². The van der Waals surface area contributed by atoms with Gasteiger partial charge in [0.05, 0.1) is 33.8 Å². The first-order valence-corrected chi connectivity index (χ1v) is 33.9. The number of carbonyl (C=O) groups excluding carboxylic acids is 2. The van der Waals surface area contributed by atoms with Gasteiger partial charge in [-0.1, -0.05) is 273 Å². The van der Waals surface area contributed by atoms with E-state index >= 15 is 0 Å². The summed E-state index contributed by atoms with van der Waals surface area (Å²) in [5.41, 5.74) is 0. The molecule has 1 N–H and O–H groups in total. The number of allylic oxidation sites excluding steroid dienone is 13. The highest BCUT2D eigenvalue weighted by atomic mass is 31.2. The first-order valence-electron chi connectivity index (χ1n) is 32.4. The van der Waals surface area contributed by atoms with Crippen LogP contribution in [0.2, 0.25) is 0 Å². The molecule has 0 aliphatic rings. The summed E-state index contributed by atoms with van der Waals surface area (Å²) in [6, 6.07) is -0.908. The minimum absolute atomic E-state index is 0.0313. The van der Waals surface area contributed by atoms with Crippen molar-refractivity contribution in [1.29, 1.82) is 0 Å². The van der Waals surface area contributed by atoms with Gasteiger partial charge >= 0.3 is 5.97 Å². The van der Waals surface area contributed by atoms with E-state index in [2.05, 4.69) is 99.0 Å².